The van der Waals surface area contributed by atoms with Crippen LogP contribution < -0.4 is 4.74 Å². The Morgan fingerprint density at radius 1 is 1.24 bits per heavy atom. The van der Waals surface area contributed by atoms with Crippen LogP contribution in [0.4, 0.5) is 11.4 Å². The third kappa shape index (κ3) is 5.14. The maximum atomic E-state index is 12.8. The smallest absolute Gasteiger partial charge is 0.310 e. The fourth-order valence-corrected chi connectivity index (χ4v) is 3.98. The van der Waals surface area contributed by atoms with Crippen LogP contribution in [0.25, 0.3) is 0 Å². The van der Waals surface area contributed by atoms with E-state index in [1.165, 1.54) is 23.9 Å². The summed E-state index contributed by atoms with van der Waals surface area (Å²) in [6.45, 7) is 4.48. The summed E-state index contributed by atoms with van der Waals surface area (Å²) in [5.41, 5.74) is 1.81. The van der Waals surface area contributed by atoms with Crippen molar-refractivity contribution in [2.45, 2.75) is 26.2 Å². The number of para-hydroxylation sites is 3. The molecule has 152 valence electrons. The van der Waals surface area contributed by atoms with Crippen LogP contribution in [0.3, 0.4) is 0 Å². The topological polar surface area (TPSA) is 85.0 Å². The zero-order valence-corrected chi connectivity index (χ0v) is 17.2. The molecule has 0 atom stereocenters. The summed E-state index contributed by atoms with van der Waals surface area (Å²) >= 11 is 1.54. The van der Waals surface area contributed by atoms with Gasteiger partial charge in [0, 0.05) is 18.4 Å². The third-order valence-electron chi connectivity index (χ3n) is 4.48. The first-order chi connectivity index (χ1) is 14.0. The van der Waals surface area contributed by atoms with E-state index in [1.54, 1.807) is 17.0 Å². The summed E-state index contributed by atoms with van der Waals surface area (Å²) in [5.74, 6) is 1.02. The highest BCUT2D eigenvalue weighted by molar-refractivity contribution is 8.13. The summed E-state index contributed by atoms with van der Waals surface area (Å²) < 4.78 is 5.48. The van der Waals surface area contributed by atoms with E-state index < -0.39 is 4.92 Å². The van der Waals surface area contributed by atoms with E-state index in [-0.39, 0.29) is 24.0 Å². The molecule has 1 fully saturated rings. The number of amides is 1. The van der Waals surface area contributed by atoms with Gasteiger partial charge in [-0.2, -0.15) is 0 Å². The minimum absolute atomic E-state index is 0.0826. The molecule has 29 heavy (non-hydrogen) atoms. The van der Waals surface area contributed by atoms with Gasteiger partial charge in [0.2, 0.25) is 0 Å². The van der Waals surface area contributed by atoms with Crippen molar-refractivity contribution < 1.29 is 14.5 Å². The number of nitro benzene ring substituents is 1. The monoisotopic (exact) mass is 413 g/mol. The van der Waals surface area contributed by atoms with Gasteiger partial charge in [0.25, 0.3) is 5.91 Å². The van der Waals surface area contributed by atoms with Gasteiger partial charge in [0.1, 0.15) is 0 Å². The maximum absolute atomic E-state index is 12.8. The molecule has 0 saturated carbocycles. The van der Waals surface area contributed by atoms with Crippen molar-refractivity contribution in [1.82, 2.24) is 4.90 Å². The van der Waals surface area contributed by atoms with Crippen molar-refractivity contribution in [3.8, 4) is 5.75 Å². The normalized spacial score (nSPS) is 15.6. The van der Waals surface area contributed by atoms with Gasteiger partial charge < -0.3 is 4.74 Å². The Balaban J connectivity index is 1.78. The Kier molecular flexibility index (Phi) is 6.87. The van der Waals surface area contributed by atoms with Crippen LogP contribution in [0.1, 0.15) is 31.7 Å². The highest BCUT2D eigenvalue weighted by Gasteiger charge is 2.25. The molecule has 1 aliphatic heterocycles. The Morgan fingerprint density at radius 3 is 2.72 bits per heavy atom. The van der Waals surface area contributed by atoms with Crippen LogP contribution in [0.5, 0.6) is 5.75 Å². The van der Waals surface area contributed by atoms with E-state index in [4.69, 9.17) is 9.73 Å². The molecule has 1 heterocycles. The number of thioether (sulfide) groups is 1. The summed E-state index contributed by atoms with van der Waals surface area (Å²) in [6, 6.07) is 13.9. The van der Waals surface area contributed by atoms with Crippen molar-refractivity contribution in [3.05, 3.63) is 64.2 Å². The first-order valence-corrected chi connectivity index (χ1v) is 10.4. The average Bonchev–Trinajstić information content (AvgIpc) is 2.72. The van der Waals surface area contributed by atoms with Gasteiger partial charge in [-0.05, 0) is 30.0 Å². The van der Waals surface area contributed by atoms with E-state index >= 15 is 0 Å². The summed E-state index contributed by atoms with van der Waals surface area (Å²) in [5, 5.41) is 11.8. The lowest BCUT2D eigenvalue weighted by molar-refractivity contribution is -0.385. The Bertz CT molecular complexity index is 930. The lowest BCUT2D eigenvalue weighted by Crippen LogP contribution is -2.41. The Hall–Kier alpha value is -2.87. The van der Waals surface area contributed by atoms with E-state index in [0.717, 1.165) is 23.4 Å². The predicted molar refractivity (Wildman–Crippen MR) is 115 cm³/mol. The minimum atomic E-state index is -0.522. The second-order valence-electron chi connectivity index (χ2n) is 6.87. The molecule has 7 nitrogen and oxygen atoms in total. The van der Waals surface area contributed by atoms with E-state index in [9.17, 15) is 14.9 Å². The van der Waals surface area contributed by atoms with Crippen LogP contribution in [0.15, 0.2) is 53.5 Å². The Morgan fingerprint density at radius 2 is 1.97 bits per heavy atom. The van der Waals surface area contributed by atoms with Gasteiger partial charge in [-0.25, -0.2) is 4.99 Å². The molecule has 2 aromatic rings. The number of nitro groups is 1. The quantitative estimate of drug-likeness (QED) is 0.504. The van der Waals surface area contributed by atoms with Gasteiger partial charge in [-0.1, -0.05) is 55.9 Å². The van der Waals surface area contributed by atoms with Gasteiger partial charge in [-0.15, -0.1) is 0 Å². The van der Waals surface area contributed by atoms with Gasteiger partial charge in [0.15, 0.2) is 17.5 Å². The fraction of sp³-hybridized carbons (Fsp3) is 0.333. The molecule has 1 amide bonds. The molecule has 3 rings (SSSR count). The SMILES string of the molecule is CC(C)c1ccccc1N=C1SCCCN1C(=O)COc1ccccc1[N+](=O)[O-]. The summed E-state index contributed by atoms with van der Waals surface area (Å²) in [6.07, 6.45) is 0.854. The zero-order chi connectivity index (χ0) is 20.8. The molecule has 1 aliphatic rings. The van der Waals surface area contributed by atoms with Gasteiger partial charge in [-0.3, -0.25) is 19.8 Å². The molecular weight excluding hydrogens is 390 g/mol. The van der Waals surface area contributed by atoms with Gasteiger partial charge >= 0.3 is 5.69 Å². The number of carbonyl (C=O) groups is 1. The number of ether oxygens (including phenoxy) is 1. The number of aliphatic imine (C=N–C) groups is 1. The number of benzene rings is 2. The van der Waals surface area contributed by atoms with Crippen molar-refractivity contribution in [3.63, 3.8) is 0 Å². The summed E-state index contributed by atoms with van der Waals surface area (Å²) in [4.78, 5) is 29.8. The Labute approximate surface area is 173 Å². The van der Waals surface area contributed by atoms with E-state index in [2.05, 4.69) is 13.8 Å². The van der Waals surface area contributed by atoms with Crippen LogP contribution >= 0.6 is 11.8 Å². The first kappa shape index (κ1) is 20.9. The number of nitrogens with zero attached hydrogens (tertiary/aromatic N) is 3. The van der Waals surface area contributed by atoms with Crippen molar-refractivity contribution in [2.75, 3.05) is 18.9 Å². The molecule has 2 aromatic carbocycles. The standard InChI is InChI=1S/C21H23N3O4S/c1-15(2)16-8-3-4-9-17(16)22-21-23(12-7-13-29-21)20(25)14-28-19-11-6-5-10-18(19)24(26)27/h3-6,8-11,15H,7,12-14H2,1-2H3. The molecule has 0 N–H and O–H groups in total. The number of hydrogen-bond donors (Lipinski definition) is 0. The highest BCUT2D eigenvalue weighted by Crippen LogP contribution is 2.30. The van der Waals surface area contributed by atoms with Crippen LogP contribution in [-0.2, 0) is 4.79 Å². The fourth-order valence-electron chi connectivity index (χ4n) is 3.01. The van der Waals surface area contributed by atoms with Crippen LogP contribution in [-0.4, -0.2) is 39.8 Å². The van der Waals surface area contributed by atoms with E-state index in [1.807, 2.05) is 24.3 Å². The number of hydrogen-bond acceptors (Lipinski definition) is 6. The van der Waals surface area contributed by atoms with Crippen LogP contribution in [0.2, 0.25) is 0 Å². The molecular formula is C21H23N3O4S. The number of amidine groups is 1. The largest absolute Gasteiger partial charge is 0.477 e. The molecule has 0 spiro atoms. The predicted octanol–water partition coefficient (Wildman–Crippen LogP) is 4.75. The summed E-state index contributed by atoms with van der Waals surface area (Å²) in [7, 11) is 0. The van der Waals surface area contributed by atoms with Gasteiger partial charge in [0.05, 0.1) is 10.6 Å². The molecule has 1 saturated heterocycles. The lowest BCUT2D eigenvalue weighted by Gasteiger charge is -2.28. The molecule has 0 bridgehead atoms. The van der Waals surface area contributed by atoms with Crippen molar-refractivity contribution in [1.29, 1.82) is 0 Å². The highest BCUT2D eigenvalue weighted by atomic mass is 32.2. The molecule has 0 aliphatic carbocycles. The lowest BCUT2D eigenvalue weighted by atomic mass is 10.0. The first-order valence-electron chi connectivity index (χ1n) is 9.44. The average molecular weight is 413 g/mol. The second kappa shape index (κ2) is 9.56. The maximum Gasteiger partial charge on any atom is 0.310 e. The van der Waals surface area contributed by atoms with Crippen molar-refractivity contribution >= 4 is 34.2 Å². The minimum Gasteiger partial charge on any atom is -0.477 e. The molecule has 0 radical (unpaired) electrons. The molecule has 8 heteroatoms. The van der Waals surface area contributed by atoms with Crippen LogP contribution in [0, 0.1) is 10.1 Å². The second-order valence-corrected chi connectivity index (χ2v) is 7.93. The number of rotatable bonds is 6. The number of carbonyl (C=O) groups excluding carboxylic acids is 1. The zero-order valence-electron chi connectivity index (χ0n) is 16.4. The third-order valence-corrected chi connectivity index (χ3v) is 5.54. The molecule has 0 unspecified atom stereocenters. The molecule has 0 aromatic heterocycles. The van der Waals surface area contributed by atoms with E-state index in [0.29, 0.717) is 17.6 Å². The van der Waals surface area contributed by atoms with Crippen molar-refractivity contribution in [2.24, 2.45) is 4.99 Å².